The standard InChI is InChI=1S/C10H16O3/c1-7(2)13-10(12)9-4-3-8(5-9)6-11/h6-9H,3-5H2,1-2H3. The van der Waals surface area contributed by atoms with Gasteiger partial charge in [-0.2, -0.15) is 0 Å². The number of rotatable bonds is 3. The molecule has 0 spiro atoms. The van der Waals surface area contributed by atoms with E-state index < -0.39 is 0 Å². The fraction of sp³-hybridized carbons (Fsp3) is 0.800. The van der Waals surface area contributed by atoms with Crippen LogP contribution in [0.15, 0.2) is 0 Å². The molecule has 2 atom stereocenters. The van der Waals surface area contributed by atoms with Crippen molar-refractivity contribution in [2.75, 3.05) is 0 Å². The van der Waals surface area contributed by atoms with Crippen molar-refractivity contribution in [1.29, 1.82) is 0 Å². The van der Waals surface area contributed by atoms with E-state index in [-0.39, 0.29) is 23.9 Å². The maximum Gasteiger partial charge on any atom is 0.309 e. The SMILES string of the molecule is CC(C)OC(=O)C1CCC(C=O)C1. The van der Waals surface area contributed by atoms with Crippen molar-refractivity contribution in [2.45, 2.75) is 39.2 Å². The van der Waals surface area contributed by atoms with Crippen molar-refractivity contribution in [3.63, 3.8) is 0 Å². The first-order chi connectivity index (χ1) is 6.13. The smallest absolute Gasteiger partial charge is 0.309 e. The third-order valence-electron chi connectivity index (χ3n) is 2.35. The van der Waals surface area contributed by atoms with Crippen LogP contribution in [0, 0.1) is 11.8 Å². The van der Waals surface area contributed by atoms with E-state index in [0.717, 1.165) is 19.1 Å². The summed E-state index contributed by atoms with van der Waals surface area (Å²) in [5.74, 6) is -0.110. The molecule has 3 nitrogen and oxygen atoms in total. The zero-order valence-corrected chi connectivity index (χ0v) is 8.16. The minimum atomic E-state index is -0.139. The van der Waals surface area contributed by atoms with E-state index in [0.29, 0.717) is 6.42 Å². The highest BCUT2D eigenvalue weighted by atomic mass is 16.5. The molecule has 0 N–H and O–H groups in total. The minimum Gasteiger partial charge on any atom is -0.463 e. The second-order valence-corrected chi connectivity index (χ2v) is 3.89. The average Bonchev–Trinajstić information content (AvgIpc) is 2.50. The Balaban J connectivity index is 2.37. The van der Waals surface area contributed by atoms with E-state index in [2.05, 4.69) is 0 Å². The maximum atomic E-state index is 11.4. The molecule has 0 heterocycles. The Kier molecular flexibility index (Phi) is 3.46. The molecule has 1 rings (SSSR count). The molecule has 0 aliphatic heterocycles. The zero-order valence-electron chi connectivity index (χ0n) is 8.16. The van der Waals surface area contributed by atoms with Gasteiger partial charge in [0.2, 0.25) is 0 Å². The summed E-state index contributed by atoms with van der Waals surface area (Å²) in [5.41, 5.74) is 0. The van der Waals surface area contributed by atoms with Gasteiger partial charge in [0.15, 0.2) is 0 Å². The summed E-state index contributed by atoms with van der Waals surface area (Å²) >= 11 is 0. The molecule has 2 unspecified atom stereocenters. The first-order valence-electron chi connectivity index (χ1n) is 4.79. The summed E-state index contributed by atoms with van der Waals surface area (Å²) in [6.45, 7) is 3.67. The lowest BCUT2D eigenvalue weighted by molar-refractivity contribution is -0.152. The number of aldehydes is 1. The molecular weight excluding hydrogens is 168 g/mol. The molecule has 0 radical (unpaired) electrons. The van der Waals surface area contributed by atoms with Crippen LogP contribution in [0.3, 0.4) is 0 Å². The van der Waals surface area contributed by atoms with Gasteiger partial charge in [-0.15, -0.1) is 0 Å². The Morgan fingerprint density at radius 3 is 2.62 bits per heavy atom. The van der Waals surface area contributed by atoms with Crippen LogP contribution < -0.4 is 0 Å². The highest BCUT2D eigenvalue weighted by Crippen LogP contribution is 2.30. The van der Waals surface area contributed by atoms with Crippen LogP contribution in [0.1, 0.15) is 33.1 Å². The highest BCUT2D eigenvalue weighted by Gasteiger charge is 2.30. The van der Waals surface area contributed by atoms with Crippen LogP contribution in [0.2, 0.25) is 0 Å². The lowest BCUT2D eigenvalue weighted by Crippen LogP contribution is -2.19. The van der Waals surface area contributed by atoms with E-state index in [1.54, 1.807) is 0 Å². The molecule has 1 fully saturated rings. The van der Waals surface area contributed by atoms with E-state index >= 15 is 0 Å². The van der Waals surface area contributed by atoms with E-state index in [1.807, 2.05) is 13.8 Å². The number of esters is 1. The monoisotopic (exact) mass is 184 g/mol. The molecule has 0 aromatic heterocycles. The van der Waals surface area contributed by atoms with Crippen molar-refractivity contribution < 1.29 is 14.3 Å². The lowest BCUT2D eigenvalue weighted by atomic mass is 10.1. The largest absolute Gasteiger partial charge is 0.463 e. The number of carbonyl (C=O) groups is 2. The van der Waals surface area contributed by atoms with Crippen LogP contribution in [0.25, 0.3) is 0 Å². The van der Waals surface area contributed by atoms with E-state index in [4.69, 9.17) is 4.74 Å². The van der Waals surface area contributed by atoms with Crippen molar-refractivity contribution in [3.05, 3.63) is 0 Å². The molecule has 3 heteroatoms. The van der Waals surface area contributed by atoms with Crippen LogP contribution in [0.4, 0.5) is 0 Å². The first-order valence-corrected chi connectivity index (χ1v) is 4.79. The summed E-state index contributed by atoms with van der Waals surface area (Å²) in [6, 6.07) is 0. The van der Waals surface area contributed by atoms with Gasteiger partial charge in [0, 0.05) is 5.92 Å². The van der Waals surface area contributed by atoms with Gasteiger partial charge in [0.25, 0.3) is 0 Å². The predicted molar refractivity (Wildman–Crippen MR) is 48.1 cm³/mol. The Hall–Kier alpha value is -0.860. The molecule has 0 aromatic carbocycles. The minimum absolute atomic E-state index is 0.0439. The number of hydrogen-bond acceptors (Lipinski definition) is 3. The van der Waals surface area contributed by atoms with Crippen LogP contribution >= 0.6 is 0 Å². The number of carbonyl (C=O) groups excluding carboxylic acids is 2. The topological polar surface area (TPSA) is 43.4 Å². The molecule has 13 heavy (non-hydrogen) atoms. The van der Waals surface area contributed by atoms with Crippen molar-refractivity contribution >= 4 is 12.3 Å². The molecule has 1 aliphatic rings. The van der Waals surface area contributed by atoms with Crippen LogP contribution in [0.5, 0.6) is 0 Å². The quantitative estimate of drug-likeness (QED) is 0.493. The zero-order chi connectivity index (χ0) is 9.84. The Labute approximate surface area is 78.5 Å². The fourth-order valence-corrected chi connectivity index (χ4v) is 1.68. The molecule has 0 aromatic rings. The molecule has 1 saturated carbocycles. The summed E-state index contributed by atoms with van der Waals surface area (Å²) in [4.78, 5) is 21.8. The van der Waals surface area contributed by atoms with Gasteiger partial charge < -0.3 is 9.53 Å². The van der Waals surface area contributed by atoms with Gasteiger partial charge in [-0.25, -0.2) is 0 Å². The fourth-order valence-electron chi connectivity index (χ4n) is 1.68. The second kappa shape index (κ2) is 4.40. The third-order valence-corrected chi connectivity index (χ3v) is 2.35. The Bertz CT molecular complexity index is 198. The second-order valence-electron chi connectivity index (χ2n) is 3.89. The van der Waals surface area contributed by atoms with Gasteiger partial charge in [0.05, 0.1) is 12.0 Å². The normalized spacial score (nSPS) is 27.6. The third kappa shape index (κ3) is 2.83. The van der Waals surface area contributed by atoms with Crippen molar-refractivity contribution in [1.82, 2.24) is 0 Å². The van der Waals surface area contributed by atoms with Gasteiger partial charge in [-0.1, -0.05) is 0 Å². The first kappa shape index (κ1) is 10.2. The van der Waals surface area contributed by atoms with Gasteiger partial charge in [-0.3, -0.25) is 4.79 Å². The summed E-state index contributed by atoms with van der Waals surface area (Å²) in [7, 11) is 0. The summed E-state index contributed by atoms with van der Waals surface area (Å²) in [5, 5.41) is 0. The Morgan fingerprint density at radius 2 is 2.15 bits per heavy atom. The predicted octanol–water partition coefficient (Wildman–Crippen LogP) is 1.55. The molecule has 0 amide bonds. The lowest BCUT2D eigenvalue weighted by Gasteiger charge is -2.12. The van der Waals surface area contributed by atoms with Crippen molar-refractivity contribution in [3.8, 4) is 0 Å². The van der Waals surface area contributed by atoms with Gasteiger partial charge in [0.1, 0.15) is 6.29 Å². The number of ether oxygens (including phenoxy) is 1. The van der Waals surface area contributed by atoms with Gasteiger partial charge >= 0.3 is 5.97 Å². The van der Waals surface area contributed by atoms with Crippen molar-refractivity contribution in [2.24, 2.45) is 11.8 Å². The van der Waals surface area contributed by atoms with E-state index in [1.165, 1.54) is 0 Å². The average molecular weight is 184 g/mol. The number of hydrogen-bond donors (Lipinski definition) is 0. The van der Waals surface area contributed by atoms with Crippen LogP contribution in [-0.4, -0.2) is 18.4 Å². The highest BCUT2D eigenvalue weighted by molar-refractivity contribution is 5.74. The molecule has 0 saturated heterocycles. The summed E-state index contributed by atoms with van der Waals surface area (Å²) in [6.07, 6.45) is 3.20. The van der Waals surface area contributed by atoms with E-state index in [9.17, 15) is 9.59 Å². The Morgan fingerprint density at radius 1 is 1.46 bits per heavy atom. The maximum absolute atomic E-state index is 11.4. The van der Waals surface area contributed by atoms with Gasteiger partial charge in [-0.05, 0) is 33.1 Å². The van der Waals surface area contributed by atoms with Crippen LogP contribution in [-0.2, 0) is 14.3 Å². The molecule has 0 bridgehead atoms. The molecule has 74 valence electrons. The molecular formula is C10H16O3. The molecule has 1 aliphatic carbocycles. The summed E-state index contributed by atoms with van der Waals surface area (Å²) < 4.78 is 5.07.